The third-order valence-electron chi connectivity index (χ3n) is 4.04. The molecule has 0 saturated carbocycles. The van der Waals surface area contributed by atoms with Crippen molar-refractivity contribution >= 4 is 23.9 Å². The number of rotatable bonds is 8. The van der Waals surface area contributed by atoms with Crippen molar-refractivity contribution in [3.63, 3.8) is 0 Å². The van der Waals surface area contributed by atoms with Gasteiger partial charge in [0.1, 0.15) is 11.5 Å². The van der Waals surface area contributed by atoms with Crippen LogP contribution in [0.5, 0.6) is 0 Å². The molecule has 0 bridgehead atoms. The predicted molar refractivity (Wildman–Crippen MR) is 109 cm³/mol. The summed E-state index contributed by atoms with van der Waals surface area (Å²) in [7, 11) is 0. The average molecular weight is 414 g/mol. The summed E-state index contributed by atoms with van der Waals surface area (Å²) < 4.78 is 18.9. The third kappa shape index (κ3) is 6.25. The predicted octanol–water partition coefficient (Wildman–Crippen LogP) is 2.03. The van der Waals surface area contributed by atoms with E-state index in [4.69, 9.17) is 4.74 Å². The largest absolute Gasteiger partial charge is 0.464 e. The molecule has 0 heterocycles. The lowest BCUT2D eigenvalue weighted by Gasteiger charge is -2.20. The number of aliphatic hydroxyl groups is 1. The van der Waals surface area contributed by atoms with Crippen LogP contribution in [0.1, 0.15) is 29.8 Å². The van der Waals surface area contributed by atoms with Crippen LogP contribution < -0.4 is 10.6 Å². The summed E-state index contributed by atoms with van der Waals surface area (Å²) in [4.78, 5) is 37.4. The molecule has 7 nitrogen and oxygen atoms in total. The smallest absolute Gasteiger partial charge is 0.331 e. The van der Waals surface area contributed by atoms with Crippen molar-refractivity contribution < 1.29 is 28.6 Å². The Hall–Kier alpha value is -3.52. The summed E-state index contributed by atoms with van der Waals surface area (Å²) in [5.41, 5.74) is 0.0341. The van der Waals surface area contributed by atoms with E-state index in [1.54, 1.807) is 43.3 Å². The van der Waals surface area contributed by atoms with Crippen molar-refractivity contribution in [1.29, 1.82) is 0 Å². The van der Waals surface area contributed by atoms with E-state index in [-0.39, 0.29) is 23.4 Å². The van der Waals surface area contributed by atoms with E-state index in [1.165, 1.54) is 25.1 Å². The Labute approximate surface area is 173 Å². The van der Waals surface area contributed by atoms with Crippen molar-refractivity contribution in [3.05, 3.63) is 77.2 Å². The number of carbonyl (C=O) groups excluding carboxylic acids is 3. The maximum absolute atomic E-state index is 14.1. The first-order valence-electron chi connectivity index (χ1n) is 9.31. The fourth-order valence-corrected chi connectivity index (χ4v) is 2.52. The highest BCUT2D eigenvalue weighted by molar-refractivity contribution is 6.06. The molecule has 2 amide bonds. The first-order chi connectivity index (χ1) is 14.3. The molecule has 0 aromatic heterocycles. The molecule has 0 aliphatic heterocycles. The van der Waals surface area contributed by atoms with Crippen LogP contribution in [-0.4, -0.2) is 41.6 Å². The molecule has 8 heteroatoms. The summed E-state index contributed by atoms with van der Waals surface area (Å²) in [5, 5.41) is 14.6. The molecule has 30 heavy (non-hydrogen) atoms. The van der Waals surface area contributed by atoms with Gasteiger partial charge in [-0.3, -0.25) is 9.59 Å². The monoisotopic (exact) mass is 414 g/mol. The second kappa shape index (κ2) is 10.9. The van der Waals surface area contributed by atoms with Crippen molar-refractivity contribution in [2.24, 2.45) is 0 Å². The topological polar surface area (TPSA) is 105 Å². The molecule has 0 saturated heterocycles. The lowest BCUT2D eigenvalue weighted by atomic mass is 10.1. The van der Waals surface area contributed by atoms with Crippen LogP contribution in [0.15, 0.2) is 60.3 Å². The zero-order valence-electron chi connectivity index (χ0n) is 16.6. The molecule has 0 fully saturated rings. The second-order valence-corrected chi connectivity index (χ2v) is 6.34. The Morgan fingerprint density at radius 3 is 2.33 bits per heavy atom. The SMILES string of the molecule is CCOC(=O)[C@H](NC(=O)/C(=C\c1ccccc1F)NC(=O)c1ccccc1)[C@@H](C)O. The van der Waals surface area contributed by atoms with Crippen LogP contribution >= 0.6 is 0 Å². The summed E-state index contributed by atoms with van der Waals surface area (Å²) in [5.74, 6) is -2.92. The Bertz CT molecular complexity index is 928. The molecule has 0 unspecified atom stereocenters. The number of carbonyl (C=O) groups is 3. The minimum atomic E-state index is -1.37. The molecule has 158 valence electrons. The van der Waals surface area contributed by atoms with Gasteiger partial charge >= 0.3 is 5.97 Å². The fraction of sp³-hybridized carbons (Fsp3) is 0.227. The number of hydrogen-bond donors (Lipinski definition) is 3. The van der Waals surface area contributed by atoms with E-state index in [9.17, 15) is 23.9 Å². The summed E-state index contributed by atoms with van der Waals surface area (Å²) in [6, 6.07) is 12.4. The van der Waals surface area contributed by atoms with Gasteiger partial charge in [-0.05, 0) is 38.1 Å². The number of nitrogens with one attached hydrogen (secondary N) is 2. The molecule has 0 aliphatic carbocycles. The molecular formula is C22H23FN2O5. The first kappa shape index (κ1) is 22.8. The van der Waals surface area contributed by atoms with Gasteiger partial charge in [0.25, 0.3) is 11.8 Å². The van der Waals surface area contributed by atoms with Gasteiger partial charge in [-0.1, -0.05) is 36.4 Å². The summed E-state index contributed by atoms with van der Waals surface area (Å²) >= 11 is 0. The Morgan fingerprint density at radius 2 is 1.73 bits per heavy atom. The van der Waals surface area contributed by atoms with Crippen LogP contribution in [-0.2, 0) is 14.3 Å². The second-order valence-electron chi connectivity index (χ2n) is 6.34. The van der Waals surface area contributed by atoms with Crippen LogP contribution in [0.3, 0.4) is 0 Å². The molecule has 2 aromatic carbocycles. The number of aliphatic hydroxyl groups excluding tert-OH is 1. The number of esters is 1. The highest BCUT2D eigenvalue weighted by Crippen LogP contribution is 2.12. The van der Waals surface area contributed by atoms with Crippen molar-refractivity contribution in [3.8, 4) is 0 Å². The number of hydrogen-bond acceptors (Lipinski definition) is 5. The van der Waals surface area contributed by atoms with E-state index in [0.717, 1.165) is 6.08 Å². The average Bonchev–Trinajstić information content (AvgIpc) is 2.73. The van der Waals surface area contributed by atoms with E-state index < -0.39 is 35.7 Å². The van der Waals surface area contributed by atoms with E-state index >= 15 is 0 Å². The zero-order valence-corrected chi connectivity index (χ0v) is 16.6. The molecular weight excluding hydrogens is 391 g/mol. The number of amides is 2. The quantitative estimate of drug-likeness (QED) is 0.453. The van der Waals surface area contributed by atoms with Gasteiger partial charge in [0.2, 0.25) is 0 Å². The Balaban J connectivity index is 2.34. The number of halogens is 1. The number of ether oxygens (including phenoxy) is 1. The van der Waals surface area contributed by atoms with Gasteiger partial charge in [0.05, 0.1) is 12.7 Å². The molecule has 2 aromatic rings. The summed E-state index contributed by atoms with van der Waals surface area (Å²) in [6.07, 6.45) is -0.108. The van der Waals surface area contributed by atoms with Crippen LogP contribution in [0.2, 0.25) is 0 Å². The van der Waals surface area contributed by atoms with Gasteiger partial charge < -0.3 is 20.5 Å². The molecule has 0 spiro atoms. The molecule has 2 atom stereocenters. The number of benzene rings is 2. The minimum Gasteiger partial charge on any atom is -0.464 e. The van der Waals surface area contributed by atoms with Gasteiger partial charge in [0.15, 0.2) is 6.04 Å². The van der Waals surface area contributed by atoms with Gasteiger partial charge in [-0.25, -0.2) is 9.18 Å². The highest BCUT2D eigenvalue weighted by Gasteiger charge is 2.28. The lowest BCUT2D eigenvalue weighted by molar-refractivity contribution is -0.150. The normalized spacial score (nSPS) is 13.1. The van der Waals surface area contributed by atoms with Crippen molar-refractivity contribution in [1.82, 2.24) is 10.6 Å². The molecule has 2 rings (SSSR count). The Kier molecular flexibility index (Phi) is 8.25. The standard InChI is InChI=1S/C22H23FN2O5/c1-3-30-22(29)19(14(2)26)25-21(28)18(13-16-11-7-8-12-17(16)23)24-20(27)15-9-5-4-6-10-15/h4-14,19,26H,3H2,1-2H3,(H,24,27)(H,25,28)/b18-13+/t14-,19-/m1/s1. The molecule has 0 aliphatic rings. The molecule has 0 radical (unpaired) electrons. The molecule has 3 N–H and O–H groups in total. The Morgan fingerprint density at radius 1 is 1.10 bits per heavy atom. The van der Waals surface area contributed by atoms with Crippen LogP contribution in [0.4, 0.5) is 4.39 Å². The first-order valence-corrected chi connectivity index (χ1v) is 9.31. The maximum Gasteiger partial charge on any atom is 0.331 e. The third-order valence-corrected chi connectivity index (χ3v) is 4.04. The van der Waals surface area contributed by atoms with Crippen molar-refractivity contribution in [2.45, 2.75) is 26.0 Å². The summed E-state index contributed by atoms with van der Waals surface area (Å²) in [6.45, 7) is 2.95. The maximum atomic E-state index is 14.1. The van der Waals surface area contributed by atoms with Gasteiger partial charge in [-0.15, -0.1) is 0 Å². The van der Waals surface area contributed by atoms with Crippen LogP contribution in [0.25, 0.3) is 6.08 Å². The van der Waals surface area contributed by atoms with Gasteiger partial charge in [0, 0.05) is 11.1 Å². The van der Waals surface area contributed by atoms with E-state index in [2.05, 4.69) is 10.6 Å². The van der Waals surface area contributed by atoms with E-state index in [1.807, 2.05) is 0 Å². The van der Waals surface area contributed by atoms with Crippen LogP contribution in [0, 0.1) is 5.82 Å². The highest BCUT2D eigenvalue weighted by atomic mass is 19.1. The fourth-order valence-electron chi connectivity index (χ4n) is 2.52. The van der Waals surface area contributed by atoms with Gasteiger partial charge in [-0.2, -0.15) is 0 Å². The van der Waals surface area contributed by atoms with Crippen molar-refractivity contribution in [2.75, 3.05) is 6.61 Å². The lowest BCUT2D eigenvalue weighted by Crippen LogP contribution is -2.50. The van der Waals surface area contributed by atoms with E-state index in [0.29, 0.717) is 0 Å². The zero-order chi connectivity index (χ0) is 22.1. The minimum absolute atomic E-state index is 0.0561.